The first-order chi connectivity index (χ1) is 10.2. The Morgan fingerprint density at radius 3 is 2.90 bits per heavy atom. The first-order valence-corrected chi connectivity index (χ1v) is 6.70. The Bertz CT molecular complexity index is 731. The molecule has 1 aliphatic heterocycles. The zero-order valence-electron chi connectivity index (χ0n) is 11.4. The van der Waals surface area contributed by atoms with E-state index in [1.807, 2.05) is 24.3 Å². The molecule has 5 nitrogen and oxygen atoms in total. The number of amides is 1. The lowest BCUT2D eigenvalue weighted by Gasteiger charge is -2.29. The molecular formula is C16H14N4O. The Balaban J connectivity index is 1.83. The number of anilines is 1. The number of pyridine rings is 1. The summed E-state index contributed by atoms with van der Waals surface area (Å²) in [5.74, 6) is -0.131. The van der Waals surface area contributed by atoms with Crippen LogP contribution in [0.2, 0.25) is 0 Å². The van der Waals surface area contributed by atoms with E-state index in [1.165, 1.54) is 11.8 Å². The van der Waals surface area contributed by atoms with E-state index >= 15 is 0 Å². The molecule has 2 heterocycles. The second kappa shape index (κ2) is 5.25. The van der Waals surface area contributed by atoms with Gasteiger partial charge in [-0.3, -0.25) is 4.79 Å². The molecule has 0 radical (unpaired) electrons. The first-order valence-electron chi connectivity index (χ1n) is 6.70. The monoisotopic (exact) mass is 278 g/mol. The Morgan fingerprint density at radius 2 is 2.19 bits per heavy atom. The average Bonchev–Trinajstić information content (AvgIpc) is 2.54. The van der Waals surface area contributed by atoms with Crippen molar-refractivity contribution in [3.05, 3.63) is 58.9 Å². The van der Waals surface area contributed by atoms with Gasteiger partial charge in [0, 0.05) is 25.0 Å². The Labute approximate surface area is 122 Å². The fourth-order valence-corrected chi connectivity index (χ4v) is 2.53. The lowest BCUT2D eigenvalue weighted by Crippen LogP contribution is -2.36. The van der Waals surface area contributed by atoms with Crippen molar-refractivity contribution in [2.45, 2.75) is 13.0 Å². The Kier molecular flexibility index (Phi) is 3.28. The quantitative estimate of drug-likeness (QED) is 0.805. The maximum Gasteiger partial charge on any atom is 0.272 e. The average molecular weight is 278 g/mol. The van der Waals surface area contributed by atoms with Crippen molar-refractivity contribution in [3.8, 4) is 6.07 Å². The highest BCUT2D eigenvalue weighted by atomic mass is 16.2. The van der Waals surface area contributed by atoms with Gasteiger partial charge >= 0.3 is 0 Å². The summed E-state index contributed by atoms with van der Waals surface area (Å²) in [4.78, 5) is 18.3. The molecule has 0 saturated heterocycles. The molecule has 3 rings (SSSR count). The molecule has 1 aromatic heterocycles. The SMILES string of the molecule is N#Cc1ccc(C(=O)N2CCc3cccc(N)c3C2)nc1. The zero-order chi connectivity index (χ0) is 14.8. The highest BCUT2D eigenvalue weighted by Gasteiger charge is 2.23. The lowest BCUT2D eigenvalue weighted by atomic mass is 9.98. The summed E-state index contributed by atoms with van der Waals surface area (Å²) in [6.07, 6.45) is 2.21. The number of hydrogen-bond acceptors (Lipinski definition) is 4. The van der Waals surface area contributed by atoms with Crippen LogP contribution in [0.15, 0.2) is 36.5 Å². The predicted molar refractivity (Wildman–Crippen MR) is 78.3 cm³/mol. The van der Waals surface area contributed by atoms with Gasteiger partial charge in [-0.05, 0) is 35.7 Å². The van der Waals surface area contributed by atoms with Crippen LogP contribution in [-0.4, -0.2) is 22.3 Å². The topological polar surface area (TPSA) is 83.0 Å². The molecule has 1 aliphatic rings. The van der Waals surface area contributed by atoms with E-state index in [9.17, 15) is 4.79 Å². The minimum Gasteiger partial charge on any atom is -0.398 e. The van der Waals surface area contributed by atoms with Crippen molar-refractivity contribution in [3.63, 3.8) is 0 Å². The summed E-state index contributed by atoms with van der Waals surface area (Å²) in [7, 11) is 0. The van der Waals surface area contributed by atoms with Gasteiger partial charge in [-0.1, -0.05) is 12.1 Å². The number of benzene rings is 1. The van der Waals surface area contributed by atoms with E-state index in [1.54, 1.807) is 17.0 Å². The van der Waals surface area contributed by atoms with Crippen LogP contribution >= 0.6 is 0 Å². The predicted octanol–water partition coefficient (Wildman–Crippen LogP) is 1.73. The standard InChI is InChI=1S/C16H14N4O/c17-8-11-4-5-15(19-9-11)16(21)20-7-6-12-2-1-3-14(18)13(12)10-20/h1-5,9H,6-7,10,18H2. The van der Waals surface area contributed by atoms with E-state index in [0.717, 1.165) is 17.7 Å². The number of rotatable bonds is 1. The third-order valence-corrected chi connectivity index (χ3v) is 3.71. The van der Waals surface area contributed by atoms with Crippen molar-refractivity contribution in [2.24, 2.45) is 0 Å². The Hall–Kier alpha value is -2.87. The Morgan fingerprint density at radius 1 is 1.33 bits per heavy atom. The van der Waals surface area contributed by atoms with Crippen LogP contribution in [0.5, 0.6) is 0 Å². The third-order valence-electron chi connectivity index (χ3n) is 3.71. The lowest BCUT2D eigenvalue weighted by molar-refractivity contribution is 0.0729. The van der Waals surface area contributed by atoms with Crippen LogP contribution < -0.4 is 5.73 Å². The van der Waals surface area contributed by atoms with E-state index in [2.05, 4.69) is 4.98 Å². The van der Waals surface area contributed by atoms with Crippen LogP contribution in [0, 0.1) is 11.3 Å². The first kappa shape index (κ1) is 13.1. The van der Waals surface area contributed by atoms with Crippen LogP contribution in [0.25, 0.3) is 0 Å². The van der Waals surface area contributed by atoms with Gasteiger partial charge in [-0.25, -0.2) is 4.98 Å². The number of nitrogen functional groups attached to an aromatic ring is 1. The second-order valence-electron chi connectivity index (χ2n) is 5.01. The van der Waals surface area contributed by atoms with Gasteiger partial charge in [0.2, 0.25) is 0 Å². The van der Waals surface area contributed by atoms with E-state index < -0.39 is 0 Å². The van der Waals surface area contributed by atoms with E-state index in [0.29, 0.717) is 24.3 Å². The molecule has 0 atom stereocenters. The minimum absolute atomic E-state index is 0.131. The molecule has 2 N–H and O–H groups in total. The van der Waals surface area contributed by atoms with Gasteiger partial charge in [0.15, 0.2) is 0 Å². The number of nitriles is 1. The van der Waals surface area contributed by atoms with Crippen molar-refractivity contribution in [1.29, 1.82) is 5.26 Å². The molecule has 21 heavy (non-hydrogen) atoms. The van der Waals surface area contributed by atoms with Crippen molar-refractivity contribution in [1.82, 2.24) is 9.88 Å². The van der Waals surface area contributed by atoms with Crippen LogP contribution in [0.1, 0.15) is 27.2 Å². The number of nitrogens with zero attached hydrogens (tertiary/aromatic N) is 3. The normalized spacial score (nSPS) is 13.4. The minimum atomic E-state index is -0.131. The molecule has 0 bridgehead atoms. The molecule has 1 amide bonds. The zero-order valence-corrected chi connectivity index (χ0v) is 11.4. The number of carbonyl (C=O) groups is 1. The number of hydrogen-bond donors (Lipinski definition) is 1. The molecule has 0 fully saturated rings. The van der Waals surface area contributed by atoms with Crippen LogP contribution in [0.3, 0.4) is 0 Å². The second-order valence-corrected chi connectivity index (χ2v) is 5.01. The molecule has 0 aliphatic carbocycles. The molecule has 1 aromatic carbocycles. The molecular weight excluding hydrogens is 264 g/mol. The number of fused-ring (bicyclic) bond motifs is 1. The van der Waals surface area contributed by atoms with Crippen molar-refractivity contribution < 1.29 is 4.79 Å². The van der Waals surface area contributed by atoms with Crippen LogP contribution in [-0.2, 0) is 13.0 Å². The summed E-state index contributed by atoms with van der Waals surface area (Å²) < 4.78 is 0. The fraction of sp³-hybridized carbons (Fsp3) is 0.188. The maximum absolute atomic E-state index is 12.5. The molecule has 104 valence electrons. The molecule has 5 heteroatoms. The van der Waals surface area contributed by atoms with Crippen LogP contribution in [0.4, 0.5) is 5.69 Å². The molecule has 2 aromatic rings. The highest BCUT2D eigenvalue weighted by Crippen LogP contribution is 2.25. The molecule has 0 unspecified atom stereocenters. The van der Waals surface area contributed by atoms with Gasteiger partial charge in [0.25, 0.3) is 5.91 Å². The van der Waals surface area contributed by atoms with Gasteiger partial charge in [0.1, 0.15) is 11.8 Å². The van der Waals surface area contributed by atoms with Gasteiger partial charge in [-0.2, -0.15) is 5.26 Å². The smallest absolute Gasteiger partial charge is 0.272 e. The summed E-state index contributed by atoms with van der Waals surface area (Å²) in [5.41, 5.74) is 9.73. The maximum atomic E-state index is 12.5. The van der Waals surface area contributed by atoms with E-state index in [-0.39, 0.29) is 5.91 Å². The summed E-state index contributed by atoms with van der Waals surface area (Å²) in [5, 5.41) is 8.76. The summed E-state index contributed by atoms with van der Waals surface area (Å²) >= 11 is 0. The van der Waals surface area contributed by atoms with Gasteiger partial charge < -0.3 is 10.6 Å². The van der Waals surface area contributed by atoms with Crippen molar-refractivity contribution >= 4 is 11.6 Å². The highest BCUT2D eigenvalue weighted by molar-refractivity contribution is 5.92. The number of aromatic nitrogens is 1. The number of nitrogens with two attached hydrogens (primary N) is 1. The fourth-order valence-electron chi connectivity index (χ4n) is 2.53. The summed E-state index contributed by atoms with van der Waals surface area (Å²) in [6, 6.07) is 11.0. The summed E-state index contributed by atoms with van der Waals surface area (Å²) in [6.45, 7) is 1.15. The van der Waals surface area contributed by atoms with Gasteiger partial charge in [-0.15, -0.1) is 0 Å². The third kappa shape index (κ3) is 2.43. The van der Waals surface area contributed by atoms with E-state index in [4.69, 9.17) is 11.0 Å². The number of carbonyl (C=O) groups excluding carboxylic acids is 1. The molecule has 0 saturated carbocycles. The molecule has 0 spiro atoms. The van der Waals surface area contributed by atoms with Crippen molar-refractivity contribution in [2.75, 3.05) is 12.3 Å². The van der Waals surface area contributed by atoms with Gasteiger partial charge in [0.05, 0.1) is 5.56 Å². The largest absolute Gasteiger partial charge is 0.398 e.